The lowest BCUT2D eigenvalue weighted by Crippen LogP contribution is -1.94. The highest BCUT2D eigenvalue weighted by atomic mass is 15.1. The predicted octanol–water partition coefficient (Wildman–Crippen LogP) is 1.46. The van der Waals surface area contributed by atoms with Crippen LogP contribution in [0, 0.1) is 0 Å². The molecule has 0 aromatic carbocycles. The van der Waals surface area contributed by atoms with Gasteiger partial charge in [-0.1, -0.05) is 12.2 Å². The molecule has 9 heavy (non-hydrogen) atoms. The molecule has 1 heterocycles. The first-order valence-corrected chi connectivity index (χ1v) is 3.88. The largest absolute Gasteiger partial charge is 0.308 e. The number of allylic oxidation sites excluding steroid dienone is 2. The van der Waals surface area contributed by atoms with Gasteiger partial charge in [0, 0.05) is 12.1 Å². The second-order valence-electron chi connectivity index (χ2n) is 3.01. The van der Waals surface area contributed by atoms with Crippen LogP contribution in [-0.2, 0) is 0 Å². The van der Waals surface area contributed by atoms with E-state index in [0.717, 1.165) is 12.1 Å². The first-order valence-electron chi connectivity index (χ1n) is 3.88. The van der Waals surface area contributed by atoms with Crippen molar-refractivity contribution >= 4 is 0 Å². The maximum Gasteiger partial charge on any atom is 0.0227 e. The molecule has 1 saturated heterocycles. The smallest absolute Gasteiger partial charge is 0.0227 e. The zero-order valence-corrected chi connectivity index (χ0v) is 5.64. The van der Waals surface area contributed by atoms with Gasteiger partial charge in [0.05, 0.1) is 0 Å². The molecule has 1 heteroatoms. The Morgan fingerprint density at radius 1 is 1.00 bits per heavy atom. The van der Waals surface area contributed by atoms with Gasteiger partial charge in [0.2, 0.25) is 0 Å². The minimum Gasteiger partial charge on any atom is -0.308 e. The first-order chi connectivity index (χ1) is 4.47. The third-order valence-electron chi connectivity index (χ3n) is 2.26. The molecule has 0 unspecified atom stereocenters. The molecule has 50 valence electrons. The zero-order chi connectivity index (χ0) is 6.10. The SMILES string of the molecule is C1=C\CC[C@H]2N[C@H]2CC/1. The van der Waals surface area contributed by atoms with Crippen molar-refractivity contribution in [1.29, 1.82) is 0 Å². The topological polar surface area (TPSA) is 21.9 Å². The minimum absolute atomic E-state index is 0.884. The number of nitrogens with one attached hydrogen (secondary N) is 1. The molecule has 0 aromatic heterocycles. The summed E-state index contributed by atoms with van der Waals surface area (Å²) < 4.78 is 0. The van der Waals surface area contributed by atoms with Crippen LogP contribution in [0.2, 0.25) is 0 Å². The molecule has 1 aliphatic carbocycles. The quantitative estimate of drug-likeness (QED) is 0.382. The van der Waals surface area contributed by atoms with E-state index in [-0.39, 0.29) is 0 Å². The Hall–Kier alpha value is -0.300. The minimum atomic E-state index is 0.884. The van der Waals surface area contributed by atoms with Crippen LogP contribution >= 0.6 is 0 Å². The maximum atomic E-state index is 3.47. The highest BCUT2D eigenvalue weighted by Gasteiger charge is 2.34. The fourth-order valence-electron chi connectivity index (χ4n) is 1.58. The first kappa shape index (κ1) is 5.48. The van der Waals surface area contributed by atoms with Crippen molar-refractivity contribution in [2.45, 2.75) is 37.8 Å². The van der Waals surface area contributed by atoms with Crippen molar-refractivity contribution in [3.8, 4) is 0 Å². The molecule has 1 nitrogen and oxygen atoms in total. The lowest BCUT2D eigenvalue weighted by atomic mass is 10.1. The lowest BCUT2D eigenvalue weighted by molar-refractivity contribution is 0.731. The third-order valence-corrected chi connectivity index (χ3v) is 2.26. The monoisotopic (exact) mass is 123 g/mol. The van der Waals surface area contributed by atoms with E-state index in [1.807, 2.05) is 0 Å². The van der Waals surface area contributed by atoms with Gasteiger partial charge in [0.25, 0.3) is 0 Å². The Balaban J connectivity index is 1.91. The number of rotatable bonds is 0. The van der Waals surface area contributed by atoms with E-state index in [4.69, 9.17) is 0 Å². The van der Waals surface area contributed by atoms with Gasteiger partial charge in [-0.05, 0) is 25.7 Å². The Bertz CT molecular complexity index is 115. The molecule has 1 N–H and O–H groups in total. The Morgan fingerprint density at radius 3 is 2.11 bits per heavy atom. The molecule has 0 radical (unpaired) electrons. The highest BCUT2D eigenvalue weighted by molar-refractivity contribution is 5.02. The summed E-state index contributed by atoms with van der Waals surface area (Å²) in [5.74, 6) is 0. The van der Waals surface area contributed by atoms with Crippen LogP contribution in [0.5, 0.6) is 0 Å². The van der Waals surface area contributed by atoms with Gasteiger partial charge in [-0.3, -0.25) is 0 Å². The molecule has 1 aliphatic heterocycles. The Kier molecular flexibility index (Phi) is 1.31. The molecule has 2 aliphatic rings. The van der Waals surface area contributed by atoms with Crippen LogP contribution in [0.15, 0.2) is 12.2 Å². The molecule has 2 rings (SSSR count). The van der Waals surface area contributed by atoms with Gasteiger partial charge >= 0.3 is 0 Å². The molecule has 0 spiro atoms. The number of hydrogen-bond donors (Lipinski definition) is 1. The molecule has 0 saturated carbocycles. The summed E-state index contributed by atoms with van der Waals surface area (Å²) >= 11 is 0. The summed E-state index contributed by atoms with van der Waals surface area (Å²) in [6, 6.07) is 1.77. The van der Waals surface area contributed by atoms with Crippen molar-refractivity contribution in [2.75, 3.05) is 0 Å². The van der Waals surface area contributed by atoms with Crippen molar-refractivity contribution in [2.24, 2.45) is 0 Å². The zero-order valence-electron chi connectivity index (χ0n) is 5.64. The van der Waals surface area contributed by atoms with Crippen LogP contribution in [0.1, 0.15) is 25.7 Å². The van der Waals surface area contributed by atoms with Crippen LogP contribution in [-0.4, -0.2) is 12.1 Å². The summed E-state index contributed by atoms with van der Waals surface area (Å²) in [6.07, 6.45) is 9.93. The standard InChI is InChI=1S/C8H13N/c1-2-4-6-8-7(9-8)5-3-1/h1-2,7-9H,3-6H2/b2-1-/t7-,8+. The Morgan fingerprint density at radius 2 is 1.56 bits per heavy atom. The average molecular weight is 123 g/mol. The van der Waals surface area contributed by atoms with Gasteiger partial charge in [0.1, 0.15) is 0 Å². The molecular weight excluding hydrogens is 110 g/mol. The molecule has 0 aromatic rings. The molecule has 2 atom stereocenters. The van der Waals surface area contributed by atoms with Crippen LogP contribution in [0.25, 0.3) is 0 Å². The van der Waals surface area contributed by atoms with E-state index in [9.17, 15) is 0 Å². The van der Waals surface area contributed by atoms with Crippen molar-refractivity contribution < 1.29 is 0 Å². The van der Waals surface area contributed by atoms with E-state index >= 15 is 0 Å². The summed E-state index contributed by atoms with van der Waals surface area (Å²) in [7, 11) is 0. The van der Waals surface area contributed by atoms with Crippen molar-refractivity contribution in [1.82, 2.24) is 5.32 Å². The van der Waals surface area contributed by atoms with Gasteiger partial charge in [-0.15, -0.1) is 0 Å². The van der Waals surface area contributed by atoms with Crippen LogP contribution < -0.4 is 5.32 Å². The summed E-state index contributed by atoms with van der Waals surface area (Å²) in [5.41, 5.74) is 0. The summed E-state index contributed by atoms with van der Waals surface area (Å²) in [4.78, 5) is 0. The molecule has 0 amide bonds. The van der Waals surface area contributed by atoms with Crippen molar-refractivity contribution in [3.05, 3.63) is 12.2 Å². The predicted molar refractivity (Wildman–Crippen MR) is 38.3 cm³/mol. The van der Waals surface area contributed by atoms with Crippen LogP contribution in [0.4, 0.5) is 0 Å². The van der Waals surface area contributed by atoms with Crippen molar-refractivity contribution in [3.63, 3.8) is 0 Å². The normalized spacial score (nSPS) is 44.4. The second kappa shape index (κ2) is 2.14. The van der Waals surface area contributed by atoms with Gasteiger partial charge in [-0.25, -0.2) is 0 Å². The Labute approximate surface area is 56.1 Å². The molecule has 1 fully saturated rings. The van der Waals surface area contributed by atoms with Gasteiger partial charge < -0.3 is 5.32 Å². The second-order valence-corrected chi connectivity index (χ2v) is 3.01. The van der Waals surface area contributed by atoms with Crippen LogP contribution in [0.3, 0.4) is 0 Å². The third kappa shape index (κ3) is 1.16. The van der Waals surface area contributed by atoms with E-state index < -0.39 is 0 Å². The fraction of sp³-hybridized carbons (Fsp3) is 0.750. The molecule has 0 bridgehead atoms. The maximum absolute atomic E-state index is 3.47. The number of hydrogen-bond acceptors (Lipinski definition) is 1. The summed E-state index contributed by atoms with van der Waals surface area (Å²) in [6.45, 7) is 0. The van der Waals surface area contributed by atoms with E-state index in [1.165, 1.54) is 25.7 Å². The lowest BCUT2D eigenvalue weighted by Gasteiger charge is -1.97. The van der Waals surface area contributed by atoms with E-state index in [2.05, 4.69) is 17.5 Å². The molecular formula is C8H13N. The van der Waals surface area contributed by atoms with E-state index in [0.29, 0.717) is 0 Å². The fourth-order valence-corrected chi connectivity index (χ4v) is 1.58. The number of fused-ring (bicyclic) bond motifs is 1. The average Bonchev–Trinajstić information content (AvgIpc) is 2.46. The van der Waals surface area contributed by atoms with Gasteiger partial charge in [-0.2, -0.15) is 0 Å². The van der Waals surface area contributed by atoms with Gasteiger partial charge in [0.15, 0.2) is 0 Å². The van der Waals surface area contributed by atoms with E-state index in [1.54, 1.807) is 0 Å². The summed E-state index contributed by atoms with van der Waals surface area (Å²) in [5, 5.41) is 3.47. The highest BCUT2D eigenvalue weighted by Crippen LogP contribution is 2.23.